The van der Waals surface area contributed by atoms with Crippen molar-refractivity contribution in [2.45, 2.75) is 64.9 Å². The SMILES string of the molecule is CCC/C=C/[C@H]1CC[C@H](c2ccc(COCC)cc2)CC1. The molecule has 0 aliphatic heterocycles. The van der Waals surface area contributed by atoms with Gasteiger partial charge >= 0.3 is 0 Å². The molecule has 116 valence electrons. The fraction of sp³-hybridized carbons (Fsp3) is 0.600. The van der Waals surface area contributed by atoms with Crippen molar-refractivity contribution in [2.24, 2.45) is 5.92 Å². The number of hydrogen-bond acceptors (Lipinski definition) is 1. The fourth-order valence-electron chi connectivity index (χ4n) is 3.21. The Morgan fingerprint density at radius 3 is 2.38 bits per heavy atom. The summed E-state index contributed by atoms with van der Waals surface area (Å²) in [5, 5.41) is 0. The largest absolute Gasteiger partial charge is 0.377 e. The van der Waals surface area contributed by atoms with E-state index in [1.807, 2.05) is 6.92 Å². The first kappa shape index (κ1) is 16.3. The van der Waals surface area contributed by atoms with E-state index in [9.17, 15) is 0 Å². The van der Waals surface area contributed by atoms with Crippen LogP contribution in [-0.2, 0) is 11.3 Å². The molecule has 21 heavy (non-hydrogen) atoms. The molecule has 0 N–H and O–H groups in total. The average Bonchev–Trinajstić information content (AvgIpc) is 2.54. The molecule has 1 aromatic rings. The van der Waals surface area contributed by atoms with E-state index in [0.29, 0.717) is 0 Å². The Labute approximate surface area is 130 Å². The third kappa shape index (κ3) is 5.32. The molecule has 0 unspecified atom stereocenters. The van der Waals surface area contributed by atoms with Crippen molar-refractivity contribution in [3.05, 3.63) is 47.5 Å². The van der Waals surface area contributed by atoms with Crippen LogP contribution in [0.3, 0.4) is 0 Å². The molecule has 0 aromatic heterocycles. The van der Waals surface area contributed by atoms with Gasteiger partial charge in [-0.05, 0) is 62.0 Å². The van der Waals surface area contributed by atoms with Crippen molar-refractivity contribution in [3.8, 4) is 0 Å². The van der Waals surface area contributed by atoms with E-state index in [-0.39, 0.29) is 0 Å². The molecule has 0 heterocycles. The van der Waals surface area contributed by atoms with Crippen molar-refractivity contribution in [2.75, 3.05) is 6.61 Å². The molecule has 2 rings (SSSR count). The molecule has 0 radical (unpaired) electrons. The first-order chi connectivity index (χ1) is 10.3. The van der Waals surface area contributed by atoms with Crippen LogP contribution in [0.5, 0.6) is 0 Å². The summed E-state index contributed by atoms with van der Waals surface area (Å²) in [6.07, 6.45) is 12.7. The zero-order chi connectivity index (χ0) is 14.9. The normalized spacial score (nSPS) is 22.8. The molecule has 1 aromatic carbocycles. The molecule has 1 aliphatic rings. The summed E-state index contributed by atoms with van der Waals surface area (Å²) in [5.74, 6) is 1.59. The maximum atomic E-state index is 5.46. The summed E-state index contributed by atoms with van der Waals surface area (Å²) < 4.78 is 5.46. The summed E-state index contributed by atoms with van der Waals surface area (Å²) in [7, 11) is 0. The summed E-state index contributed by atoms with van der Waals surface area (Å²) in [5.41, 5.74) is 2.81. The first-order valence-electron chi connectivity index (χ1n) is 8.66. The minimum Gasteiger partial charge on any atom is -0.377 e. The van der Waals surface area contributed by atoms with Crippen LogP contribution in [0.15, 0.2) is 36.4 Å². The van der Waals surface area contributed by atoms with Crippen LogP contribution in [0.2, 0.25) is 0 Å². The molecule has 0 amide bonds. The average molecular weight is 286 g/mol. The van der Waals surface area contributed by atoms with Crippen molar-refractivity contribution < 1.29 is 4.74 Å². The number of ether oxygens (including phenoxy) is 1. The minimum absolute atomic E-state index is 0.742. The molecule has 1 nitrogen and oxygen atoms in total. The Bertz CT molecular complexity index is 410. The molecule has 1 saturated carbocycles. The van der Waals surface area contributed by atoms with Gasteiger partial charge in [0.15, 0.2) is 0 Å². The highest BCUT2D eigenvalue weighted by Crippen LogP contribution is 2.36. The quantitative estimate of drug-likeness (QED) is 0.571. The zero-order valence-corrected chi connectivity index (χ0v) is 13.7. The molecule has 0 atom stereocenters. The van der Waals surface area contributed by atoms with Gasteiger partial charge in [0.05, 0.1) is 6.61 Å². The number of allylic oxidation sites excluding steroid dienone is 2. The van der Waals surface area contributed by atoms with Gasteiger partial charge in [0.25, 0.3) is 0 Å². The highest BCUT2D eigenvalue weighted by atomic mass is 16.5. The molecule has 0 saturated heterocycles. The molecule has 0 spiro atoms. The van der Waals surface area contributed by atoms with Crippen LogP contribution in [0.4, 0.5) is 0 Å². The van der Waals surface area contributed by atoms with Gasteiger partial charge in [-0.25, -0.2) is 0 Å². The van der Waals surface area contributed by atoms with Crippen molar-refractivity contribution in [3.63, 3.8) is 0 Å². The Hall–Kier alpha value is -1.08. The number of rotatable bonds is 7. The van der Waals surface area contributed by atoms with Crippen molar-refractivity contribution in [1.82, 2.24) is 0 Å². The Kier molecular flexibility index (Phi) is 7.02. The lowest BCUT2D eigenvalue weighted by Crippen LogP contribution is -2.11. The van der Waals surface area contributed by atoms with Gasteiger partial charge in [-0.3, -0.25) is 0 Å². The Morgan fingerprint density at radius 1 is 1.05 bits per heavy atom. The van der Waals surface area contributed by atoms with Gasteiger partial charge < -0.3 is 4.74 Å². The van der Waals surface area contributed by atoms with Crippen LogP contribution < -0.4 is 0 Å². The lowest BCUT2D eigenvalue weighted by atomic mass is 9.78. The van der Waals surface area contributed by atoms with E-state index in [1.54, 1.807) is 0 Å². The van der Waals surface area contributed by atoms with Crippen LogP contribution in [0.1, 0.15) is 69.4 Å². The lowest BCUT2D eigenvalue weighted by molar-refractivity contribution is 0.134. The van der Waals surface area contributed by atoms with E-state index < -0.39 is 0 Å². The van der Waals surface area contributed by atoms with Gasteiger partial charge in [-0.15, -0.1) is 0 Å². The molecule has 1 fully saturated rings. The highest BCUT2D eigenvalue weighted by Gasteiger charge is 2.20. The van der Waals surface area contributed by atoms with E-state index in [0.717, 1.165) is 25.0 Å². The van der Waals surface area contributed by atoms with Crippen LogP contribution in [0.25, 0.3) is 0 Å². The summed E-state index contributed by atoms with van der Waals surface area (Å²) in [4.78, 5) is 0. The molecule has 0 bridgehead atoms. The first-order valence-corrected chi connectivity index (χ1v) is 8.66. The minimum atomic E-state index is 0.742. The molecular weight excluding hydrogens is 256 g/mol. The second-order valence-electron chi connectivity index (χ2n) is 6.21. The van der Waals surface area contributed by atoms with Gasteiger partial charge in [0.2, 0.25) is 0 Å². The molecule has 1 aliphatic carbocycles. The van der Waals surface area contributed by atoms with Crippen LogP contribution in [0, 0.1) is 5.92 Å². The maximum absolute atomic E-state index is 5.46. The summed E-state index contributed by atoms with van der Waals surface area (Å²) in [6.45, 7) is 5.82. The fourth-order valence-corrected chi connectivity index (χ4v) is 3.21. The summed E-state index contributed by atoms with van der Waals surface area (Å²) in [6, 6.07) is 9.09. The lowest BCUT2D eigenvalue weighted by Gasteiger charge is -2.27. The predicted molar refractivity (Wildman–Crippen MR) is 90.5 cm³/mol. The number of unbranched alkanes of at least 4 members (excludes halogenated alkanes) is 1. The van der Waals surface area contributed by atoms with Crippen LogP contribution >= 0.6 is 0 Å². The third-order valence-corrected chi connectivity index (χ3v) is 4.56. The smallest absolute Gasteiger partial charge is 0.0716 e. The second-order valence-corrected chi connectivity index (χ2v) is 6.21. The van der Waals surface area contributed by atoms with Gasteiger partial charge in [-0.2, -0.15) is 0 Å². The topological polar surface area (TPSA) is 9.23 Å². The van der Waals surface area contributed by atoms with Gasteiger partial charge in [0, 0.05) is 6.61 Å². The van der Waals surface area contributed by atoms with E-state index in [1.165, 1.54) is 49.7 Å². The second kappa shape index (κ2) is 9.04. The molecule has 1 heteroatoms. The monoisotopic (exact) mass is 286 g/mol. The summed E-state index contributed by atoms with van der Waals surface area (Å²) >= 11 is 0. The molecular formula is C20H30O. The van der Waals surface area contributed by atoms with E-state index in [4.69, 9.17) is 4.74 Å². The predicted octanol–water partition coefficient (Wildman–Crippen LogP) is 5.85. The zero-order valence-electron chi connectivity index (χ0n) is 13.7. The van der Waals surface area contributed by atoms with Crippen LogP contribution in [-0.4, -0.2) is 6.61 Å². The number of hydrogen-bond donors (Lipinski definition) is 0. The van der Waals surface area contributed by atoms with Gasteiger partial charge in [0.1, 0.15) is 0 Å². The van der Waals surface area contributed by atoms with Crippen molar-refractivity contribution >= 4 is 0 Å². The Morgan fingerprint density at radius 2 is 1.76 bits per heavy atom. The van der Waals surface area contributed by atoms with E-state index in [2.05, 4.69) is 43.3 Å². The number of benzene rings is 1. The van der Waals surface area contributed by atoms with E-state index >= 15 is 0 Å². The van der Waals surface area contributed by atoms with Crippen molar-refractivity contribution in [1.29, 1.82) is 0 Å². The third-order valence-electron chi connectivity index (χ3n) is 4.56. The maximum Gasteiger partial charge on any atom is 0.0716 e. The Balaban J connectivity index is 1.81. The van der Waals surface area contributed by atoms with Gasteiger partial charge in [-0.1, -0.05) is 49.8 Å². The highest BCUT2D eigenvalue weighted by molar-refractivity contribution is 5.25. The standard InChI is InChI=1S/C20H30O/c1-3-5-6-7-17-8-12-19(13-9-17)20-14-10-18(11-15-20)16-21-4-2/h6-7,10-11,14-15,17,19H,3-5,8-9,12-13,16H2,1-2H3/b7-6+/t17-,19-.